The summed E-state index contributed by atoms with van der Waals surface area (Å²) in [5.74, 6) is -0.661. The molecule has 31 heavy (non-hydrogen) atoms. The second-order valence-corrected chi connectivity index (χ2v) is 7.80. The molecule has 1 aliphatic rings. The third-order valence-corrected chi connectivity index (χ3v) is 5.01. The molecule has 10 heteroatoms. The number of anilines is 1. The van der Waals surface area contributed by atoms with Crippen LogP contribution in [-0.4, -0.2) is 50.7 Å². The third-order valence-electron chi connectivity index (χ3n) is 5.01. The van der Waals surface area contributed by atoms with E-state index in [9.17, 15) is 14.4 Å². The first-order valence-electron chi connectivity index (χ1n) is 10.4. The molecule has 2 amide bonds. The van der Waals surface area contributed by atoms with Crippen molar-refractivity contribution in [3.05, 3.63) is 29.2 Å². The van der Waals surface area contributed by atoms with Crippen molar-refractivity contribution in [2.75, 3.05) is 18.5 Å². The summed E-state index contributed by atoms with van der Waals surface area (Å²) in [4.78, 5) is 45.0. The van der Waals surface area contributed by atoms with E-state index in [0.717, 1.165) is 43.5 Å². The van der Waals surface area contributed by atoms with Crippen LogP contribution in [0.15, 0.2) is 12.1 Å². The van der Waals surface area contributed by atoms with Gasteiger partial charge in [-0.3, -0.25) is 14.4 Å². The van der Waals surface area contributed by atoms with Gasteiger partial charge in [0, 0.05) is 23.4 Å². The Morgan fingerprint density at radius 2 is 1.71 bits per heavy atom. The maximum atomic E-state index is 12.3. The van der Waals surface area contributed by atoms with Crippen molar-refractivity contribution in [3.63, 3.8) is 0 Å². The zero-order chi connectivity index (χ0) is 22.4. The van der Waals surface area contributed by atoms with Gasteiger partial charge in [-0.15, -0.1) is 0 Å². The van der Waals surface area contributed by atoms with Gasteiger partial charge in [0.2, 0.25) is 5.91 Å². The Bertz CT molecular complexity index is 945. The summed E-state index contributed by atoms with van der Waals surface area (Å²) in [5.41, 5.74) is 2.22. The number of carbonyl (C=O) groups is 3. The number of carbonyl (C=O) groups excluding carboxylic acids is 3. The van der Waals surface area contributed by atoms with Crippen molar-refractivity contribution < 1.29 is 19.1 Å². The number of esters is 1. The number of hydrogen-bond donors (Lipinski definition) is 2. The van der Waals surface area contributed by atoms with Crippen LogP contribution >= 0.6 is 0 Å². The number of aryl methyl sites for hydroxylation is 3. The molecule has 0 aromatic carbocycles. The van der Waals surface area contributed by atoms with E-state index in [-0.39, 0.29) is 18.4 Å². The lowest BCUT2D eigenvalue weighted by molar-refractivity contribution is -0.147. The molecule has 0 bridgehead atoms. The molecule has 0 spiro atoms. The van der Waals surface area contributed by atoms with Gasteiger partial charge < -0.3 is 15.4 Å². The van der Waals surface area contributed by atoms with Gasteiger partial charge in [-0.05, 0) is 39.7 Å². The molecule has 2 N–H and O–H groups in total. The predicted octanol–water partition coefficient (Wildman–Crippen LogP) is 1.77. The number of hydrogen-bond acceptors (Lipinski definition) is 7. The van der Waals surface area contributed by atoms with E-state index in [1.165, 1.54) is 4.68 Å². The fourth-order valence-corrected chi connectivity index (χ4v) is 3.59. The molecular formula is C21H28N6O4. The largest absolute Gasteiger partial charge is 0.454 e. The molecule has 3 rings (SSSR count). The SMILES string of the molecule is Cc1cc(C)nc(-n2nc(C)cc2NC(=O)COC(=O)CNC(=O)C2CCCCC2)n1. The van der Waals surface area contributed by atoms with E-state index in [1.807, 2.05) is 19.9 Å². The van der Waals surface area contributed by atoms with Crippen LogP contribution in [0.4, 0.5) is 5.82 Å². The van der Waals surface area contributed by atoms with Crippen molar-refractivity contribution >= 4 is 23.6 Å². The molecule has 166 valence electrons. The number of ether oxygens (including phenoxy) is 1. The van der Waals surface area contributed by atoms with Crippen LogP contribution < -0.4 is 10.6 Å². The molecule has 0 atom stereocenters. The van der Waals surface area contributed by atoms with Crippen LogP contribution in [0.2, 0.25) is 0 Å². The zero-order valence-electron chi connectivity index (χ0n) is 18.1. The monoisotopic (exact) mass is 428 g/mol. The van der Waals surface area contributed by atoms with Crippen LogP contribution in [0, 0.1) is 26.7 Å². The van der Waals surface area contributed by atoms with Crippen molar-refractivity contribution in [2.24, 2.45) is 5.92 Å². The highest BCUT2D eigenvalue weighted by Crippen LogP contribution is 2.23. The molecule has 0 aliphatic heterocycles. The lowest BCUT2D eigenvalue weighted by Crippen LogP contribution is -2.36. The Hall–Kier alpha value is -3.30. The molecule has 1 saturated carbocycles. The lowest BCUT2D eigenvalue weighted by Gasteiger charge is -2.20. The molecule has 2 aromatic heterocycles. The van der Waals surface area contributed by atoms with Gasteiger partial charge in [0.15, 0.2) is 6.61 Å². The number of rotatable bonds is 7. The summed E-state index contributed by atoms with van der Waals surface area (Å²) in [6.07, 6.45) is 4.91. The van der Waals surface area contributed by atoms with E-state index < -0.39 is 18.5 Å². The van der Waals surface area contributed by atoms with Crippen molar-refractivity contribution in [3.8, 4) is 5.95 Å². The summed E-state index contributed by atoms with van der Waals surface area (Å²) < 4.78 is 6.41. The average molecular weight is 428 g/mol. The highest BCUT2D eigenvalue weighted by Gasteiger charge is 2.22. The minimum atomic E-state index is -0.665. The molecule has 1 fully saturated rings. The van der Waals surface area contributed by atoms with Gasteiger partial charge in [0.25, 0.3) is 11.9 Å². The minimum Gasteiger partial charge on any atom is -0.454 e. The van der Waals surface area contributed by atoms with E-state index in [4.69, 9.17) is 4.74 Å². The smallest absolute Gasteiger partial charge is 0.325 e. The van der Waals surface area contributed by atoms with Gasteiger partial charge in [0.05, 0.1) is 5.69 Å². The lowest BCUT2D eigenvalue weighted by atomic mass is 9.89. The Kier molecular flexibility index (Phi) is 7.32. The summed E-state index contributed by atoms with van der Waals surface area (Å²) >= 11 is 0. The van der Waals surface area contributed by atoms with Crippen molar-refractivity contribution in [1.82, 2.24) is 25.1 Å². The third kappa shape index (κ3) is 6.34. The normalized spacial score (nSPS) is 14.2. The molecule has 2 heterocycles. The fraction of sp³-hybridized carbons (Fsp3) is 0.524. The van der Waals surface area contributed by atoms with E-state index >= 15 is 0 Å². The minimum absolute atomic E-state index is 0.0409. The highest BCUT2D eigenvalue weighted by atomic mass is 16.5. The first kappa shape index (κ1) is 22.4. The molecule has 0 unspecified atom stereocenters. The standard InChI is InChI=1S/C21H28N6O4/c1-13-9-14(2)24-21(23-13)27-17(10-15(3)26-27)25-18(28)12-31-19(29)11-22-20(30)16-7-5-4-6-8-16/h9-10,16H,4-8,11-12H2,1-3H3,(H,22,30)(H,25,28). The van der Waals surface area contributed by atoms with Crippen LogP contribution in [0.5, 0.6) is 0 Å². The quantitative estimate of drug-likeness (QED) is 0.643. The average Bonchev–Trinajstić information content (AvgIpc) is 3.10. The summed E-state index contributed by atoms with van der Waals surface area (Å²) in [7, 11) is 0. The Balaban J connectivity index is 1.51. The van der Waals surface area contributed by atoms with E-state index in [1.54, 1.807) is 13.0 Å². The van der Waals surface area contributed by atoms with Crippen LogP contribution in [0.3, 0.4) is 0 Å². The summed E-state index contributed by atoms with van der Waals surface area (Å²) in [6.45, 7) is 4.74. The van der Waals surface area contributed by atoms with Gasteiger partial charge in [-0.1, -0.05) is 19.3 Å². The van der Waals surface area contributed by atoms with Gasteiger partial charge >= 0.3 is 5.97 Å². The van der Waals surface area contributed by atoms with Gasteiger partial charge in [-0.25, -0.2) is 9.97 Å². The molecule has 2 aromatic rings. The van der Waals surface area contributed by atoms with Crippen molar-refractivity contribution in [1.29, 1.82) is 0 Å². The first-order chi connectivity index (χ1) is 14.8. The molecule has 1 aliphatic carbocycles. The van der Waals surface area contributed by atoms with Crippen molar-refractivity contribution in [2.45, 2.75) is 52.9 Å². The Labute approximate surface area is 180 Å². The zero-order valence-corrected chi connectivity index (χ0v) is 18.1. The van der Waals surface area contributed by atoms with E-state index in [2.05, 4.69) is 25.7 Å². The molecule has 10 nitrogen and oxygen atoms in total. The molecular weight excluding hydrogens is 400 g/mol. The Morgan fingerprint density at radius 1 is 1.03 bits per heavy atom. The first-order valence-corrected chi connectivity index (χ1v) is 10.4. The predicted molar refractivity (Wildman–Crippen MR) is 113 cm³/mol. The summed E-state index contributed by atoms with van der Waals surface area (Å²) in [6, 6.07) is 3.51. The maximum Gasteiger partial charge on any atom is 0.325 e. The topological polar surface area (TPSA) is 128 Å². The second-order valence-electron chi connectivity index (χ2n) is 7.80. The summed E-state index contributed by atoms with van der Waals surface area (Å²) in [5, 5.41) is 9.58. The van der Waals surface area contributed by atoms with E-state index in [0.29, 0.717) is 17.5 Å². The highest BCUT2D eigenvalue weighted by molar-refractivity contribution is 5.92. The second kappa shape index (κ2) is 10.1. The fourth-order valence-electron chi connectivity index (χ4n) is 3.59. The molecule has 0 radical (unpaired) electrons. The van der Waals surface area contributed by atoms with Crippen LogP contribution in [0.1, 0.15) is 49.2 Å². The number of nitrogens with one attached hydrogen (secondary N) is 2. The van der Waals surface area contributed by atoms with Crippen LogP contribution in [0.25, 0.3) is 5.95 Å². The number of amides is 2. The molecule has 0 saturated heterocycles. The number of aromatic nitrogens is 4. The maximum absolute atomic E-state index is 12.3. The van der Waals surface area contributed by atoms with Gasteiger partial charge in [-0.2, -0.15) is 9.78 Å². The Morgan fingerprint density at radius 3 is 2.39 bits per heavy atom. The van der Waals surface area contributed by atoms with Crippen LogP contribution in [-0.2, 0) is 19.1 Å². The van der Waals surface area contributed by atoms with Gasteiger partial charge in [0.1, 0.15) is 12.4 Å². The number of nitrogens with zero attached hydrogens (tertiary/aromatic N) is 4.